The number of aryl methyl sites for hydroxylation is 1. The Morgan fingerprint density at radius 1 is 0.844 bits per heavy atom. The molecule has 0 N–H and O–H groups in total. The fraction of sp³-hybridized carbons (Fsp3) is 0.300. The van der Waals surface area contributed by atoms with E-state index in [-0.39, 0.29) is 20.1 Å². The first-order valence-electron chi connectivity index (χ1n) is 15.8. The molecule has 3 heterocycles. The van der Waals surface area contributed by atoms with Gasteiger partial charge < -0.3 is 9.40 Å². The molecular formula is C40H42GeIrN2O-2. The quantitative estimate of drug-likeness (QED) is 0.131. The molecule has 3 nitrogen and oxygen atoms in total. The van der Waals surface area contributed by atoms with Crippen molar-refractivity contribution >= 4 is 39.6 Å². The molecule has 0 saturated carbocycles. The van der Waals surface area contributed by atoms with E-state index >= 15 is 0 Å². The molecule has 0 aliphatic heterocycles. The Morgan fingerprint density at radius 2 is 1.62 bits per heavy atom. The van der Waals surface area contributed by atoms with Gasteiger partial charge in [-0.15, -0.1) is 18.2 Å². The number of hydrogen-bond donors (Lipinski definition) is 0. The maximum Gasteiger partial charge on any atom is 0.120 e. The Balaban J connectivity index is 0.000000175. The van der Waals surface area contributed by atoms with Gasteiger partial charge in [0.25, 0.3) is 0 Å². The monoisotopic (exact) mass is 833 g/mol. The van der Waals surface area contributed by atoms with Gasteiger partial charge in [-0.3, -0.25) is 0 Å². The molecular weight excluding hydrogens is 789 g/mol. The SMILES string of the molecule is CC(C)(C)Cc1cc(-c2[c-]cccc2)nc[c]1[Ge]([CH3])([CH3])[CH3].[Ir].[c-]1ccc2c(oc3ccccc32)c1-c1nccc2c1CCCC2. The Labute approximate surface area is 284 Å². The molecule has 0 spiro atoms. The standard InChI is InChI=1S/C21H16NO.C19H26GeN.Ir/c1-2-7-15-14(6-1)12-13-22-20(15)18-10-5-9-17-16-8-3-4-11-19(16)23-21(17)18;1-19(2,3)13-16-12-18(15-10-8-7-9-11-15)21-14-17(16)20(4,5)6;/h3-5,8-9,11-13H,1-2,6-7H2;7-10,12,14H,13H2,1-6H3;/q2*-1;. The van der Waals surface area contributed by atoms with E-state index in [4.69, 9.17) is 14.4 Å². The summed E-state index contributed by atoms with van der Waals surface area (Å²) in [5.41, 5.74) is 10.6. The van der Waals surface area contributed by atoms with Gasteiger partial charge in [0, 0.05) is 31.7 Å². The molecule has 0 fully saturated rings. The number of fused-ring (bicyclic) bond motifs is 4. The summed E-state index contributed by atoms with van der Waals surface area (Å²) in [4.78, 5) is 9.41. The van der Waals surface area contributed by atoms with Crippen LogP contribution in [0, 0.1) is 17.5 Å². The molecule has 0 bridgehead atoms. The topological polar surface area (TPSA) is 38.9 Å². The first-order chi connectivity index (χ1) is 21.1. The van der Waals surface area contributed by atoms with E-state index in [9.17, 15) is 0 Å². The second-order valence-corrected chi connectivity index (χ2v) is 24.8. The summed E-state index contributed by atoms with van der Waals surface area (Å²) in [6, 6.07) is 31.5. The van der Waals surface area contributed by atoms with Crippen LogP contribution in [0.2, 0.25) is 17.3 Å². The van der Waals surface area contributed by atoms with Gasteiger partial charge in [0.15, 0.2) is 0 Å². The number of nitrogens with zero attached hydrogens (tertiary/aromatic N) is 2. The van der Waals surface area contributed by atoms with Gasteiger partial charge in [0.05, 0.1) is 5.58 Å². The molecule has 1 aliphatic rings. The fourth-order valence-corrected chi connectivity index (χ4v) is 9.64. The molecule has 0 atom stereocenters. The van der Waals surface area contributed by atoms with Crippen LogP contribution >= 0.6 is 0 Å². The maximum atomic E-state index is 6.16. The van der Waals surface area contributed by atoms with Gasteiger partial charge in [0.2, 0.25) is 0 Å². The zero-order chi connectivity index (χ0) is 30.9. The van der Waals surface area contributed by atoms with Crippen molar-refractivity contribution in [2.75, 3.05) is 0 Å². The molecule has 233 valence electrons. The van der Waals surface area contributed by atoms with E-state index < -0.39 is 13.3 Å². The number of hydrogen-bond acceptors (Lipinski definition) is 3. The van der Waals surface area contributed by atoms with Crippen LogP contribution in [0.15, 0.2) is 89.6 Å². The van der Waals surface area contributed by atoms with Crippen LogP contribution in [-0.4, -0.2) is 23.2 Å². The van der Waals surface area contributed by atoms with E-state index in [1.54, 1.807) is 0 Å². The van der Waals surface area contributed by atoms with Crippen molar-refractivity contribution in [1.82, 2.24) is 9.97 Å². The summed E-state index contributed by atoms with van der Waals surface area (Å²) >= 11 is -1.90. The van der Waals surface area contributed by atoms with E-state index in [1.807, 2.05) is 42.6 Å². The molecule has 0 amide bonds. The molecule has 5 heteroatoms. The van der Waals surface area contributed by atoms with E-state index in [0.29, 0.717) is 5.41 Å². The van der Waals surface area contributed by atoms with Crippen LogP contribution in [0.25, 0.3) is 44.5 Å². The smallest absolute Gasteiger partial charge is 0.120 e. The van der Waals surface area contributed by atoms with Gasteiger partial charge in [0.1, 0.15) is 5.58 Å². The predicted octanol–water partition coefficient (Wildman–Crippen LogP) is 10.0. The molecule has 0 unspecified atom stereocenters. The van der Waals surface area contributed by atoms with Crippen molar-refractivity contribution in [3.05, 3.63) is 114 Å². The molecule has 7 rings (SSSR count). The van der Waals surface area contributed by atoms with Gasteiger partial charge >= 0.3 is 132 Å². The Morgan fingerprint density at radius 3 is 2.38 bits per heavy atom. The summed E-state index contributed by atoms with van der Waals surface area (Å²) in [6.07, 6.45) is 9.93. The van der Waals surface area contributed by atoms with Gasteiger partial charge in [-0.25, -0.2) is 0 Å². The minimum Gasteiger partial charge on any atom is -0.501 e. The molecule has 3 aromatic heterocycles. The van der Waals surface area contributed by atoms with Crippen LogP contribution < -0.4 is 4.40 Å². The molecule has 3 aromatic carbocycles. The number of aromatic nitrogens is 2. The summed E-state index contributed by atoms with van der Waals surface area (Å²) in [6.45, 7) is 6.92. The van der Waals surface area contributed by atoms with Crippen molar-refractivity contribution in [2.45, 2.75) is 70.1 Å². The Kier molecular flexibility index (Phi) is 10.2. The number of pyridine rings is 2. The van der Waals surface area contributed by atoms with E-state index in [2.05, 4.69) is 92.8 Å². The van der Waals surface area contributed by atoms with Crippen molar-refractivity contribution in [3.63, 3.8) is 0 Å². The molecule has 6 aromatic rings. The molecule has 0 saturated heterocycles. The average Bonchev–Trinajstić information content (AvgIpc) is 3.39. The summed E-state index contributed by atoms with van der Waals surface area (Å²) < 4.78 is 7.69. The third-order valence-corrected chi connectivity index (χ3v) is 12.7. The number of benzene rings is 3. The minimum atomic E-state index is -1.90. The van der Waals surface area contributed by atoms with Gasteiger partial charge in [-0.2, -0.15) is 0 Å². The third-order valence-electron chi connectivity index (χ3n) is 8.35. The van der Waals surface area contributed by atoms with Crippen molar-refractivity contribution < 1.29 is 24.5 Å². The van der Waals surface area contributed by atoms with Crippen LogP contribution in [0.3, 0.4) is 0 Å². The second-order valence-electron chi connectivity index (χ2n) is 14.2. The average molecular weight is 832 g/mol. The van der Waals surface area contributed by atoms with Crippen LogP contribution in [0.1, 0.15) is 50.3 Å². The third kappa shape index (κ3) is 7.51. The zero-order valence-corrected chi connectivity index (χ0v) is 31.7. The number of para-hydroxylation sites is 1. The predicted molar refractivity (Wildman–Crippen MR) is 187 cm³/mol. The van der Waals surface area contributed by atoms with Crippen LogP contribution in [0.4, 0.5) is 0 Å². The summed E-state index contributed by atoms with van der Waals surface area (Å²) in [5, 5.41) is 2.30. The molecule has 45 heavy (non-hydrogen) atoms. The van der Waals surface area contributed by atoms with E-state index in [1.165, 1.54) is 33.9 Å². The van der Waals surface area contributed by atoms with Gasteiger partial charge in [-0.1, -0.05) is 40.3 Å². The second kappa shape index (κ2) is 13.7. The summed E-state index contributed by atoms with van der Waals surface area (Å²) in [7, 11) is 0. The Bertz CT molecular complexity index is 1920. The van der Waals surface area contributed by atoms with Crippen molar-refractivity contribution in [1.29, 1.82) is 0 Å². The minimum absolute atomic E-state index is 0. The molecule has 1 aliphatic carbocycles. The molecule has 1 radical (unpaired) electrons. The van der Waals surface area contributed by atoms with Gasteiger partial charge in [-0.05, 0) is 43.5 Å². The fourth-order valence-electron chi connectivity index (χ4n) is 6.33. The summed E-state index contributed by atoms with van der Waals surface area (Å²) in [5.74, 6) is 7.33. The van der Waals surface area contributed by atoms with Crippen LogP contribution in [0.5, 0.6) is 0 Å². The van der Waals surface area contributed by atoms with Crippen molar-refractivity contribution in [2.24, 2.45) is 5.41 Å². The Hall–Kier alpha value is -3.05. The van der Waals surface area contributed by atoms with E-state index in [0.717, 1.165) is 63.7 Å². The van der Waals surface area contributed by atoms with Crippen molar-refractivity contribution in [3.8, 4) is 22.5 Å². The first kappa shape index (κ1) is 33.3. The normalized spacial score (nSPS) is 13.1. The maximum absolute atomic E-state index is 6.16. The number of rotatable bonds is 4. The largest absolute Gasteiger partial charge is 0.501 e. The zero-order valence-electron chi connectivity index (χ0n) is 27.3. The first-order valence-corrected chi connectivity index (χ1v) is 23.2. The van der Waals surface area contributed by atoms with Crippen LogP contribution in [-0.2, 0) is 39.4 Å². The number of furan rings is 1.